The van der Waals surface area contributed by atoms with Gasteiger partial charge in [-0.15, -0.1) is 0 Å². The molecular weight excluding hydrogens is 266 g/mol. The van der Waals surface area contributed by atoms with Gasteiger partial charge in [-0.2, -0.15) is 0 Å². The van der Waals surface area contributed by atoms with Crippen molar-refractivity contribution in [3.05, 3.63) is 23.8 Å². The molecule has 114 valence electrons. The lowest BCUT2D eigenvalue weighted by atomic mass is 9.96. The Bertz CT molecular complexity index is 549. The van der Waals surface area contributed by atoms with Crippen LogP contribution in [0.15, 0.2) is 18.2 Å². The zero-order valence-electron chi connectivity index (χ0n) is 12.8. The minimum absolute atomic E-state index is 0.00130. The molecule has 4 heteroatoms. The monoisotopic (exact) mass is 289 g/mol. The predicted molar refractivity (Wildman–Crippen MR) is 81.7 cm³/mol. The Morgan fingerprint density at radius 3 is 2.86 bits per heavy atom. The van der Waals surface area contributed by atoms with Crippen molar-refractivity contribution in [2.24, 2.45) is 0 Å². The van der Waals surface area contributed by atoms with Crippen LogP contribution >= 0.6 is 0 Å². The highest BCUT2D eigenvalue weighted by molar-refractivity contribution is 5.96. The van der Waals surface area contributed by atoms with Gasteiger partial charge in [-0.3, -0.25) is 4.79 Å². The van der Waals surface area contributed by atoms with E-state index in [4.69, 9.17) is 4.74 Å². The highest BCUT2D eigenvalue weighted by atomic mass is 16.5. The van der Waals surface area contributed by atoms with Crippen LogP contribution in [-0.4, -0.2) is 29.3 Å². The number of fused-ring (bicyclic) bond motifs is 1. The topological polar surface area (TPSA) is 49.8 Å². The normalized spacial score (nSPS) is 23.6. The molecule has 1 N–H and O–H groups in total. The first kappa shape index (κ1) is 14.4. The molecule has 1 aliphatic heterocycles. The van der Waals surface area contributed by atoms with Crippen molar-refractivity contribution in [3.8, 4) is 5.75 Å². The first-order chi connectivity index (χ1) is 9.97. The first-order valence-electron chi connectivity index (χ1n) is 7.77. The van der Waals surface area contributed by atoms with Crippen molar-refractivity contribution in [1.82, 2.24) is 0 Å². The molecule has 0 aromatic heterocycles. The largest absolute Gasteiger partial charge is 0.487 e. The predicted octanol–water partition coefficient (Wildman–Crippen LogP) is 2.80. The summed E-state index contributed by atoms with van der Waals surface area (Å²) in [5.74, 6) is 0.757. The maximum absolute atomic E-state index is 12.7. The standard InChI is InChI=1S/C17H23NO3/c1-12-5-6-15-14(9-12)18(11-13(2)21-15)16(19)10-17(20)7-3-4-8-17/h5-6,9,13,20H,3-4,7-8,10-11H2,1-2H3. The number of amides is 1. The maximum atomic E-state index is 12.7. The van der Waals surface area contributed by atoms with Crippen LogP contribution in [0.1, 0.15) is 44.6 Å². The lowest BCUT2D eigenvalue weighted by molar-refractivity contribution is -0.123. The van der Waals surface area contributed by atoms with E-state index < -0.39 is 5.60 Å². The smallest absolute Gasteiger partial charge is 0.230 e. The lowest BCUT2D eigenvalue weighted by Gasteiger charge is -2.35. The highest BCUT2D eigenvalue weighted by Gasteiger charge is 2.37. The molecule has 1 aliphatic carbocycles. The quantitative estimate of drug-likeness (QED) is 0.911. The van der Waals surface area contributed by atoms with E-state index in [2.05, 4.69) is 0 Å². The fourth-order valence-electron chi connectivity index (χ4n) is 3.37. The fraction of sp³-hybridized carbons (Fsp3) is 0.588. The summed E-state index contributed by atoms with van der Waals surface area (Å²) < 4.78 is 5.81. The van der Waals surface area contributed by atoms with Crippen LogP contribution in [0, 0.1) is 6.92 Å². The molecule has 4 nitrogen and oxygen atoms in total. The van der Waals surface area contributed by atoms with Crippen LogP contribution in [0.4, 0.5) is 5.69 Å². The summed E-state index contributed by atoms with van der Waals surface area (Å²) in [5, 5.41) is 10.5. The Kier molecular flexibility index (Phi) is 3.66. The molecular formula is C17H23NO3. The minimum atomic E-state index is -0.803. The van der Waals surface area contributed by atoms with E-state index in [0.29, 0.717) is 6.54 Å². The summed E-state index contributed by atoms with van der Waals surface area (Å²) in [6.45, 7) is 4.52. The van der Waals surface area contributed by atoms with E-state index in [-0.39, 0.29) is 18.4 Å². The van der Waals surface area contributed by atoms with Crippen LogP contribution in [-0.2, 0) is 4.79 Å². The summed E-state index contributed by atoms with van der Waals surface area (Å²) in [6.07, 6.45) is 3.69. The third-order valence-corrected chi connectivity index (χ3v) is 4.49. The van der Waals surface area contributed by atoms with E-state index in [1.165, 1.54) is 0 Å². The number of nitrogens with zero attached hydrogens (tertiary/aromatic N) is 1. The average Bonchev–Trinajstić information content (AvgIpc) is 2.84. The number of benzene rings is 1. The lowest BCUT2D eigenvalue weighted by Crippen LogP contribution is -2.45. The zero-order chi connectivity index (χ0) is 15.0. The molecule has 2 aliphatic rings. The van der Waals surface area contributed by atoms with E-state index in [9.17, 15) is 9.90 Å². The summed E-state index contributed by atoms with van der Waals surface area (Å²) in [5.41, 5.74) is 1.13. The van der Waals surface area contributed by atoms with Gasteiger partial charge in [-0.25, -0.2) is 0 Å². The molecule has 1 heterocycles. The third kappa shape index (κ3) is 2.91. The number of rotatable bonds is 2. The number of carbonyl (C=O) groups is 1. The number of ether oxygens (including phenoxy) is 1. The summed E-state index contributed by atoms with van der Waals surface area (Å²) in [6, 6.07) is 5.90. The van der Waals surface area contributed by atoms with Gasteiger partial charge >= 0.3 is 0 Å². The molecule has 3 rings (SSSR count). The van der Waals surface area contributed by atoms with Gasteiger partial charge in [0.05, 0.1) is 24.3 Å². The second kappa shape index (κ2) is 5.34. The van der Waals surface area contributed by atoms with E-state index in [0.717, 1.165) is 42.7 Å². The van der Waals surface area contributed by atoms with E-state index >= 15 is 0 Å². The Balaban J connectivity index is 1.84. The van der Waals surface area contributed by atoms with E-state index in [1.807, 2.05) is 32.0 Å². The fourth-order valence-corrected chi connectivity index (χ4v) is 3.37. The van der Waals surface area contributed by atoms with Crippen LogP contribution < -0.4 is 9.64 Å². The van der Waals surface area contributed by atoms with Crippen molar-refractivity contribution < 1.29 is 14.6 Å². The molecule has 1 amide bonds. The van der Waals surface area contributed by atoms with Crippen molar-refractivity contribution in [2.45, 2.75) is 57.7 Å². The van der Waals surface area contributed by atoms with Gasteiger partial charge in [-0.05, 0) is 44.4 Å². The van der Waals surface area contributed by atoms with Crippen LogP contribution in [0.5, 0.6) is 5.75 Å². The molecule has 21 heavy (non-hydrogen) atoms. The summed E-state index contributed by atoms with van der Waals surface area (Å²) in [4.78, 5) is 14.5. The van der Waals surface area contributed by atoms with E-state index in [1.54, 1.807) is 4.90 Å². The number of hydrogen-bond donors (Lipinski definition) is 1. The van der Waals surface area contributed by atoms with Crippen molar-refractivity contribution in [3.63, 3.8) is 0 Å². The van der Waals surface area contributed by atoms with Crippen LogP contribution in [0.3, 0.4) is 0 Å². The van der Waals surface area contributed by atoms with Gasteiger partial charge in [0, 0.05) is 0 Å². The molecule has 0 bridgehead atoms. The van der Waals surface area contributed by atoms with Gasteiger partial charge in [-0.1, -0.05) is 18.9 Å². The van der Waals surface area contributed by atoms with Crippen molar-refractivity contribution in [1.29, 1.82) is 0 Å². The molecule has 1 saturated carbocycles. The number of hydrogen-bond acceptors (Lipinski definition) is 3. The second-order valence-corrected chi connectivity index (χ2v) is 6.51. The molecule has 1 aromatic carbocycles. The Morgan fingerprint density at radius 1 is 1.43 bits per heavy atom. The summed E-state index contributed by atoms with van der Waals surface area (Å²) in [7, 11) is 0. The molecule has 1 unspecified atom stereocenters. The van der Waals surface area contributed by atoms with Crippen LogP contribution in [0.2, 0.25) is 0 Å². The van der Waals surface area contributed by atoms with Gasteiger partial charge in [0.25, 0.3) is 0 Å². The number of aliphatic hydroxyl groups is 1. The van der Waals surface area contributed by atoms with Gasteiger partial charge < -0.3 is 14.7 Å². The maximum Gasteiger partial charge on any atom is 0.230 e. The highest BCUT2D eigenvalue weighted by Crippen LogP contribution is 2.37. The molecule has 1 fully saturated rings. The SMILES string of the molecule is Cc1ccc2c(c1)N(C(=O)CC1(O)CCCC1)CC(C)O2. The number of anilines is 1. The molecule has 0 spiro atoms. The Labute approximate surface area is 125 Å². The first-order valence-corrected chi connectivity index (χ1v) is 7.77. The van der Waals surface area contributed by atoms with Gasteiger partial charge in [0.15, 0.2) is 0 Å². The summed E-state index contributed by atoms with van der Waals surface area (Å²) >= 11 is 0. The van der Waals surface area contributed by atoms with Crippen LogP contribution in [0.25, 0.3) is 0 Å². The Hall–Kier alpha value is -1.55. The van der Waals surface area contributed by atoms with Crippen molar-refractivity contribution >= 4 is 11.6 Å². The minimum Gasteiger partial charge on any atom is -0.487 e. The van der Waals surface area contributed by atoms with Gasteiger partial charge in [0.1, 0.15) is 11.9 Å². The zero-order valence-corrected chi connectivity index (χ0v) is 12.8. The third-order valence-electron chi connectivity index (χ3n) is 4.49. The molecule has 1 aromatic rings. The average molecular weight is 289 g/mol. The molecule has 0 radical (unpaired) electrons. The molecule has 1 atom stereocenters. The Morgan fingerprint density at radius 2 is 2.14 bits per heavy atom. The number of carbonyl (C=O) groups excluding carboxylic acids is 1. The second-order valence-electron chi connectivity index (χ2n) is 6.51. The number of aryl methyl sites for hydroxylation is 1. The van der Waals surface area contributed by atoms with Crippen molar-refractivity contribution in [2.75, 3.05) is 11.4 Å². The van der Waals surface area contributed by atoms with Gasteiger partial charge in [0.2, 0.25) is 5.91 Å². The molecule has 0 saturated heterocycles.